The molecule has 0 aliphatic carbocycles. The molecule has 1 aliphatic rings. The van der Waals surface area contributed by atoms with Gasteiger partial charge in [-0.1, -0.05) is 42.5 Å². The van der Waals surface area contributed by atoms with Crippen LogP contribution in [-0.2, 0) is 10.5 Å². The standard InChI is InChI=1S/C20H21NO4S/c1-24-19(22)16-10-5-6-11-17(16)25-20(23)21-13-7-12-18(21)26-14-15-8-3-2-4-9-15/h2-6,8-11,18H,7,12-14H2,1H3. The molecule has 1 atom stereocenters. The van der Waals surface area contributed by atoms with Crippen LogP contribution in [0, 0.1) is 0 Å². The van der Waals surface area contributed by atoms with Crippen LogP contribution in [0.2, 0.25) is 0 Å². The lowest BCUT2D eigenvalue weighted by Crippen LogP contribution is -2.36. The van der Waals surface area contributed by atoms with Crippen molar-refractivity contribution >= 4 is 23.8 Å². The predicted octanol–water partition coefficient (Wildman–Crippen LogP) is 4.33. The molecule has 0 N–H and O–H groups in total. The summed E-state index contributed by atoms with van der Waals surface area (Å²) >= 11 is 1.73. The number of carbonyl (C=O) groups is 2. The molecule has 0 spiro atoms. The highest BCUT2D eigenvalue weighted by atomic mass is 32.2. The molecule has 2 aromatic rings. The van der Waals surface area contributed by atoms with Gasteiger partial charge in [0.25, 0.3) is 0 Å². The number of rotatable bonds is 5. The number of para-hydroxylation sites is 1. The van der Waals surface area contributed by atoms with E-state index in [0.29, 0.717) is 6.54 Å². The Hall–Kier alpha value is -2.47. The van der Waals surface area contributed by atoms with E-state index in [1.165, 1.54) is 12.7 Å². The fraction of sp³-hybridized carbons (Fsp3) is 0.300. The zero-order valence-corrected chi connectivity index (χ0v) is 15.4. The molecule has 0 bridgehead atoms. The van der Waals surface area contributed by atoms with E-state index >= 15 is 0 Å². The van der Waals surface area contributed by atoms with E-state index in [4.69, 9.17) is 9.47 Å². The molecule has 1 aliphatic heterocycles. The minimum absolute atomic E-state index is 0.0768. The van der Waals surface area contributed by atoms with Crippen LogP contribution in [0.5, 0.6) is 5.75 Å². The van der Waals surface area contributed by atoms with Crippen molar-refractivity contribution in [3.8, 4) is 5.75 Å². The summed E-state index contributed by atoms with van der Waals surface area (Å²) in [6, 6.07) is 16.8. The van der Waals surface area contributed by atoms with Crippen molar-refractivity contribution in [3.05, 3.63) is 65.7 Å². The van der Waals surface area contributed by atoms with Gasteiger partial charge in [-0.25, -0.2) is 9.59 Å². The number of hydrogen-bond donors (Lipinski definition) is 0. The van der Waals surface area contributed by atoms with E-state index in [9.17, 15) is 9.59 Å². The lowest BCUT2D eigenvalue weighted by molar-refractivity contribution is 0.0597. The van der Waals surface area contributed by atoms with E-state index < -0.39 is 12.1 Å². The average Bonchev–Trinajstić information content (AvgIpc) is 3.16. The van der Waals surface area contributed by atoms with Crippen LogP contribution < -0.4 is 4.74 Å². The van der Waals surface area contributed by atoms with Gasteiger partial charge < -0.3 is 9.47 Å². The van der Waals surface area contributed by atoms with Crippen molar-refractivity contribution in [3.63, 3.8) is 0 Å². The van der Waals surface area contributed by atoms with Crippen molar-refractivity contribution in [1.82, 2.24) is 4.90 Å². The number of methoxy groups -OCH3 is 1. The Kier molecular flexibility index (Phi) is 6.17. The lowest BCUT2D eigenvalue weighted by Gasteiger charge is -2.23. The number of amides is 1. The Morgan fingerprint density at radius 3 is 2.62 bits per heavy atom. The van der Waals surface area contributed by atoms with E-state index in [2.05, 4.69) is 12.1 Å². The molecule has 3 rings (SSSR count). The van der Waals surface area contributed by atoms with Crippen molar-refractivity contribution in [2.45, 2.75) is 24.0 Å². The maximum Gasteiger partial charge on any atom is 0.416 e. The second-order valence-electron chi connectivity index (χ2n) is 5.94. The van der Waals surface area contributed by atoms with Gasteiger partial charge in [0, 0.05) is 12.3 Å². The first-order valence-corrected chi connectivity index (χ1v) is 9.55. The molecule has 26 heavy (non-hydrogen) atoms. The van der Waals surface area contributed by atoms with Crippen LogP contribution in [0.4, 0.5) is 4.79 Å². The topological polar surface area (TPSA) is 55.8 Å². The summed E-state index contributed by atoms with van der Waals surface area (Å²) in [6.45, 7) is 0.658. The fourth-order valence-electron chi connectivity index (χ4n) is 2.87. The minimum Gasteiger partial charge on any atom is -0.465 e. The third-order valence-corrected chi connectivity index (χ3v) is 5.58. The number of ether oxygens (including phenoxy) is 2. The smallest absolute Gasteiger partial charge is 0.416 e. The highest BCUT2D eigenvalue weighted by Crippen LogP contribution is 2.31. The number of thioether (sulfide) groups is 1. The number of esters is 1. The van der Waals surface area contributed by atoms with Crippen molar-refractivity contribution < 1.29 is 19.1 Å². The maximum absolute atomic E-state index is 12.6. The third-order valence-electron chi connectivity index (χ3n) is 4.21. The molecule has 0 aromatic heterocycles. The van der Waals surface area contributed by atoms with Crippen molar-refractivity contribution in [2.75, 3.05) is 13.7 Å². The van der Waals surface area contributed by atoms with Gasteiger partial charge in [-0.2, -0.15) is 0 Å². The summed E-state index contributed by atoms with van der Waals surface area (Å²) < 4.78 is 10.3. The monoisotopic (exact) mass is 371 g/mol. The van der Waals surface area contributed by atoms with Crippen molar-refractivity contribution in [2.24, 2.45) is 0 Å². The number of benzene rings is 2. The first-order valence-electron chi connectivity index (χ1n) is 8.50. The Morgan fingerprint density at radius 1 is 1.12 bits per heavy atom. The van der Waals surface area contributed by atoms with Gasteiger partial charge in [0.2, 0.25) is 0 Å². The molecule has 6 heteroatoms. The Balaban J connectivity index is 1.64. The van der Waals surface area contributed by atoms with E-state index in [-0.39, 0.29) is 16.7 Å². The molecule has 0 radical (unpaired) electrons. The van der Waals surface area contributed by atoms with Crippen LogP contribution in [-0.4, -0.2) is 36.0 Å². The largest absolute Gasteiger partial charge is 0.465 e. The highest BCUT2D eigenvalue weighted by Gasteiger charge is 2.31. The first kappa shape index (κ1) is 18.3. The van der Waals surface area contributed by atoms with Crippen LogP contribution >= 0.6 is 11.8 Å². The number of hydrogen-bond acceptors (Lipinski definition) is 5. The van der Waals surface area contributed by atoms with Crippen LogP contribution in [0.3, 0.4) is 0 Å². The second kappa shape index (κ2) is 8.76. The predicted molar refractivity (Wildman–Crippen MR) is 101 cm³/mol. The molecule has 1 amide bonds. The summed E-state index contributed by atoms with van der Waals surface area (Å²) in [5.74, 6) is 0.543. The van der Waals surface area contributed by atoms with Crippen LogP contribution in [0.15, 0.2) is 54.6 Å². The van der Waals surface area contributed by atoms with Gasteiger partial charge in [0.05, 0.1) is 12.5 Å². The summed E-state index contributed by atoms with van der Waals surface area (Å²) in [5, 5.41) is 0.0768. The Bertz CT molecular complexity index is 765. The zero-order valence-electron chi connectivity index (χ0n) is 14.6. The Labute approximate surface area is 157 Å². The van der Waals surface area contributed by atoms with Gasteiger partial charge in [0.1, 0.15) is 11.3 Å². The maximum atomic E-state index is 12.6. The number of likely N-dealkylation sites (tertiary alicyclic amines) is 1. The van der Waals surface area contributed by atoms with Crippen molar-refractivity contribution in [1.29, 1.82) is 0 Å². The second-order valence-corrected chi connectivity index (χ2v) is 7.11. The Morgan fingerprint density at radius 2 is 1.85 bits per heavy atom. The van der Waals surface area contributed by atoms with Gasteiger partial charge in [-0.15, -0.1) is 11.8 Å². The molecule has 0 saturated carbocycles. The summed E-state index contributed by atoms with van der Waals surface area (Å²) in [5.41, 5.74) is 1.48. The molecule has 136 valence electrons. The molecule has 1 unspecified atom stereocenters. The third kappa shape index (κ3) is 4.38. The van der Waals surface area contributed by atoms with E-state index in [0.717, 1.165) is 18.6 Å². The number of carbonyl (C=O) groups excluding carboxylic acids is 2. The molecule has 1 fully saturated rings. The number of nitrogens with zero attached hydrogens (tertiary/aromatic N) is 1. The fourth-order valence-corrected chi connectivity index (χ4v) is 4.15. The molecular weight excluding hydrogens is 350 g/mol. The molecule has 5 nitrogen and oxygen atoms in total. The van der Waals surface area contributed by atoms with Gasteiger partial charge in [-0.05, 0) is 30.5 Å². The summed E-state index contributed by atoms with van der Waals surface area (Å²) in [7, 11) is 1.30. The van der Waals surface area contributed by atoms with Crippen LogP contribution in [0.25, 0.3) is 0 Å². The van der Waals surface area contributed by atoms with Gasteiger partial charge >= 0.3 is 12.1 Å². The minimum atomic E-state index is -0.523. The first-order chi connectivity index (χ1) is 12.7. The average molecular weight is 371 g/mol. The van der Waals surface area contributed by atoms with Gasteiger partial charge in [-0.3, -0.25) is 4.90 Å². The zero-order chi connectivity index (χ0) is 18.4. The highest BCUT2D eigenvalue weighted by molar-refractivity contribution is 7.99. The SMILES string of the molecule is COC(=O)c1ccccc1OC(=O)N1CCCC1SCc1ccccc1. The molecule has 1 saturated heterocycles. The molecule has 2 aromatic carbocycles. The summed E-state index contributed by atoms with van der Waals surface area (Å²) in [6.07, 6.45) is 1.45. The molecule has 1 heterocycles. The molecular formula is C20H21NO4S. The van der Waals surface area contributed by atoms with E-state index in [1.807, 2.05) is 18.2 Å². The normalized spacial score (nSPS) is 16.3. The lowest BCUT2D eigenvalue weighted by atomic mass is 10.2. The van der Waals surface area contributed by atoms with E-state index in [1.54, 1.807) is 40.9 Å². The van der Waals surface area contributed by atoms with Gasteiger partial charge in [0.15, 0.2) is 0 Å². The van der Waals surface area contributed by atoms with Crippen LogP contribution in [0.1, 0.15) is 28.8 Å². The summed E-state index contributed by atoms with van der Waals surface area (Å²) in [4.78, 5) is 26.2. The quantitative estimate of drug-likeness (QED) is 0.733.